The molecule has 1 fully saturated rings. The van der Waals surface area contributed by atoms with E-state index < -0.39 is 15.1 Å². The summed E-state index contributed by atoms with van der Waals surface area (Å²) >= 11 is 0. The molecule has 1 aliphatic heterocycles. The average Bonchev–Trinajstić information content (AvgIpc) is 2.70. The highest BCUT2D eigenvalue weighted by Gasteiger charge is 2.37. The fraction of sp³-hybridized carbons (Fsp3) is 0.429. The Balaban J connectivity index is 1.61. The van der Waals surface area contributed by atoms with Crippen molar-refractivity contribution in [2.24, 2.45) is 7.05 Å². The van der Waals surface area contributed by atoms with E-state index in [-0.39, 0.29) is 19.1 Å². The van der Waals surface area contributed by atoms with Crippen LogP contribution in [0.15, 0.2) is 24.3 Å². The van der Waals surface area contributed by atoms with Crippen LogP contribution in [0.5, 0.6) is 0 Å². The van der Waals surface area contributed by atoms with E-state index in [1.165, 1.54) is 11.2 Å². The Hall–Kier alpha value is -2.09. The highest BCUT2D eigenvalue weighted by atomic mass is 32.2. The van der Waals surface area contributed by atoms with Gasteiger partial charge in [-0.3, -0.25) is 0 Å². The first-order chi connectivity index (χ1) is 10.4. The molecule has 3 rings (SSSR count). The van der Waals surface area contributed by atoms with Crippen LogP contribution in [-0.2, 0) is 23.4 Å². The summed E-state index contributed by atoms with van der Waals surface area (Å²) in [5.41, 5.74) is 1.89. The third-order valence-corrected chi connectivity index (χ3v) is 5.53. The number of aromatic nitrogens is 2. The summed E-state index contributed by atoms with van der Waals surface area (Å²) in [6.07, 6.45) is 1.20. The molecule has 118 valence electrons. The first kappa shape index (κ1) is 14.8. The quantitative estimate of drug-likeness (QED) is 0.892. The van der Waals surface area contributed by atoms with Crippen LogP contribution in [-0.4, -0.2) is 53.5 Å². The van der Waals surface area contributed by atoms with E-state index in [0.717, 1.165) is 16.9 Å². The van der Waals surface area contributed by atoms with Crippen molar-refractivity contribution in [3.63, 3.8) is 0 Å². The number of nitrogens with one attached hydrogen (secondary N) is 1. The fourth-order valence-corrected chi connectivity index (χ4v) is 3.40. The van der Waals surface area contributed by atoms with E-state index >= 15 is 0 Å². The highest BCUT2D eigenvalue weighted by molar-refractivity contribution is 7.91. The number of carbonyl (C=O) groups excluding carboxylic acids is 1. The van der Waals surface area contributed by atoms with Crippen molar-refractivity contribution in [2.75, 3.05) is 19.3 Å². The van der Waals surface area contributed by atoms with Crippen LogP contribution >= 0.6 is 0 Å². The minimum Gasteiger partial charge on any atom is -0.331 e. The molecule has 2 aromatic rings. The van der Waals surface area contributed by atoms with Gasteiger partial charge in [-0.05, 0) is 12.1 Å². The van der Waals surface area contributed by atoms with Crippen molar-refractivity contribution >= 4 is 26.9 Å². The van der Waals surface area contributed by atoms with Crippen LogP contribution in [0, 0.1) is 0 Å². The average molecular weight is 322 g/mol. The Kier molecular flexibility index (Phi) is 3.56. The number of nitrogens with zero attached hydrogens (tertiary/aromatic N) is 3. The number of imidazole rings is 1. The third-order valence-electron chi connectivity index (χ3n) is 4.02. The molecule has 7 nitrogen and oxygen atoms in total. The smallest absolute Gasteiger partial charge is 0.317 e. The Morgan fingerprint density at radius 2 is 2.05 bits per heavy atom. The van der Waals surface area contributed by atoms with Gasteiger partial charge in [-0.25, -0.2) is 18.2 Å². The molecule has 1 saturated heterocycles. The number of fused-ring (bicyclic) bond motifs is 1. The number of likely N-dealkylation sites (tertiary alicyclic amines) is 1. The van der Waals surface area contributed by atoms with Crippen molar-refractivity contribution in [3.05, 3.63) is 30.1 Å². The molecule has 0 unspecified atom stereocenters. The number of urea groups is 1. The minimum atomic E-state index is -3.06. The molecule has 0 saturated carbocycles. The van der Waals surface area contributed by atoms with E-state index in [9.17, 15) is 13.2 Å². The molecule has 0 atom stereocenters. The standard InChI is InChI=1S/C14H18N4O3S/c1-17-12-6-4-3-5-11(12)16-13(17)7-15-14(19)18-8-10(9-18)22(2,20)21/h3-6,10H,7-9H2,1-2H3,(H,15,19). The molecule has 0 aliphatic carbocycles. The summed E-state index contributed by atoms with van der Waals surface area (Å²) in [6.45, 7) is 0.824. The maximum atomic E-state index is 12.0. The zero-order valence-electron chi connectivity index (χ0n) is 12.5. The SMILES string of the molecule is Cn1c(CNC(=O)N2CC(S(C)(=O)=O)C2)nc2ccccc21. The van der Waals surface area contributed by atoms with Gasteiger partial charge in [0.25, 0.3) is 0 Å². The van der Waals surface area contributed by atoms with E-state index in [4.69, 9.17) is 0 Å². The second-order valence-corrected chi connectivity index (χ2v) is 7.92. The summed E-state index contributed by atoms with van der Waals surface area (Å²) in [5, 5.41) is 2.35. The molecule has 2 heterocycles. The zero-order valence-corrected chi connectivity index (χ0v) is 13.3. The Morgan fingerprint density at radius 1 is 1.36 bits per heavy atom. The summed E-state index contributed by atoms with van der Waals surface area (Å²) in [6, 6.07) is 7.50. The van der Waals surface area contributed by atoms with Gasteiger partial charge in [-0.15, -0.1) is 0 Å². The van der Waals surface area contributed by atoms with E-state index in [1.54, 1.807) is 0 Å². The van der Waals surface area contributed by atoms with Crippen molar-refractivity contribution in [1.29, 1.82) is 0 Å². The number of amides is 2. The van der Waals surface area contributed by atoms with Gasteiger partial charge in [0, 0.05) is 26.4 Å². The fourth-order valence-electron chi connectivity index (χ4n) is 2.49. The van der Waals surface area contributed by atoms with Crippen molar-refractivity contribution in [2.45, 2.75) is 11.8 Å². The lowest BCUT2D eigenvalue weighted by atomic mass is 10.2. The van der Waals surface area contributed by atoms with Gasteiger partial charge in [-0.2, -0.15) is 0 Å². The van der Waals surface area contributed by atoms with Gasteiger partial charge in [0.05, 0.1) is 22.8 Å². The molecule has 0 bridgehead atoms. The topological polar surface area (TPSA) is 84.3 Å². The zero-order chi connectivity index (χ0) is 15.9. The van der Waals surface area contributed by atoms with Crippen LogP contribution in [0.3, 0.4) is 0 Å². The summed E-state index contributed by atoms with van der Waals surface area (Å²) in [5.74, 6) is 0.759. The number of hydrogen-bond acceptors (Lipinski definition) is 4. The summed E-state index contributed by atoms with van der Waals surface area (Å²) < 4.78 is 24.6. The highest BCUT2D eigenvalue weighted by Crippen LogP contribution is 2.16. The molecule has 1 aromatic heterocycles. The molecule has 0 radical (unpaired) electrons. The van der Waals surface area contributed by atoms with E-state index in [2.05, 4.69) is 10.3 Å². The Labute approximate surface area is 128 Å². The number of hydrogen-bond donors (Lipinski definition) is 1. The molecule has 1 N–H and O–H groups in total. The molecule has 1 aromatic carbocycles. The van der Waals surface area contributed by atoms with Crippen molar-refractivity contribution < 1.29 is 13.2 Å². The first-order valence-electron chi connectivity index (χ1n) is 6.98. The summed E-state index contributed by atoms with van der Waals surface area (Å²) in [4.78, 5) is 18.0. The van der Waals surface area contributed by atoms with Crippen LogP contribution in [0.1, 0.15) is 5.82 Å². The van der Waals surface area contributed by atoms with Gasteiger partial charge in [-0.1, -0.05) is 12.1 Å². The van der Waals surface area contributed by atoms with Crippen LogP contribution in [0.2, 0.25) is 0 Å². The second kappa shape index (κ2) is 5.28. The number of sulfone groups is 1. The van der Waals surface area contributed by atoms with Crippen LogP contribution in [0.25, 0.3) is 11.0 Å². The molecular formula is C14H18N4O3S. The lowest BCUT2D eigenvalue weighted by Crippen LogP contribution is -2.59. The molecule has 1 aliphatic rings. The number of carbonyl (C=O) groups is 1. The van der Waals surface area contributed by atoms with Gasteiger partial charge in [0.1, 0.15) is 5.82 Å². The minimum absolute atomic E-state index is 0.257. The maximum absolute atomic E-state index is 12.0. The molecule has 8 heteroatoms. The van der Waals surface area contributed by atoms with Crippen molar-refractivity contribution in [1.82, 2.24) is 19.8 Å². The number of rotatable bonds is 3. The normalized spacial score (nSPS) is 15.8. The largest absolute Gasteiger partial charge is 0.331 e. The summed E-state index contributed by atoms with van der Waals surface area (Å²) in [7, 11) is -1.16. The first-order valence-corrected chi connectivity index (χ1v) is 8.93. The lowest BCUT2D eigenvalue weighted by molar-refractivity contribution is 0.168. The number of benzene rings is 1. The predicted molar refractivity (Wildman–Crippen MR) is 83.2 cm³/mol. The van der Waals surface area contributed by atoms with Crippen LogP contribution < -0.4 is 5.32 Å². The Morgan fingerprint density at radius 3 is 2.68 bits per heavy atom. The predicted octanol–water partition coefficient (Wildman–Crippen LogP) is 0.512. The maximum Gasteiger partial charge on any atom is 0.317 e. The number of para-hydroxylation sites is 2. The third kappa shape index (κ3) is 2.66. The van der Waals surface area contributed by atoms with Gasteiger partial charge in [0.15, 0.2) is 9.84 Å². The monoisotopic (exact) mass is 322 g/mol. The second-order valence-electron chi connectivity index (χ2n) is 5.59. The van der Waals surface area contributed by atoms with E-state index in [1.807, 2.05) is 35.9 Å². The number of aryl methyl sites for hydroxylation is 1. The lowest BCUT2D eigenvalue weighted by Gasteiger charge is -2.37. The van der Waals surface area contributed by atoms with Gasteiger partial charge < -0.3 is 14.8 Å². The molecule has 0 spiro atoms. The van der Waals surface area contributed by atoms with Crippen LogP contribution in [0.4, 0.5) is 4.79 Å². The Bertz CT molecular complexity index is 822. The van der Waals surface area contributed by atoms with Gasteiger partial charge in [0.2, 0.25) is 0 Å². The van der Waals surface area contributed by atoms with Gasteiger partial charge >= 0.3 is 6.03 Å². The van der Waals surface area contributed by atoms with E-state index in [0.29, 0.717) is 6.54 Å². The van der Waals surface area contributed by atoms with Crippen molar-refractivity contribution in [3.8, 4) is 0 Å². The molecule has 2 amide bonds. The molecule has 22 heavy (non-hydrogen) atoms. The molecular weight excluding hydrogens is 304 g/mol.